The molecular formula is H2FeMoNiSr. The summed E-state index contributed by atoms with van der Waals surface area (Å²) in [7, 11) is 0. The van der Waals surface area contributed by atoms with Crippen molar-refractivity contribution in [1.29, 1.82) is 0 Å². The molecule has 0 aliphatic carbocycles. The topological polar surface area (TPSA) is 0 Å². The van der Waals surface area contributed by atoms with E-state index in [1.165, 1.54) is 0 Å². The van der Waals surface area contributed by atoms with Crippen LogP contribution in [0, 0.1) is 0 Å². The van der Waals surface area contributed by atoms with Crippen molar-refractivity contribution in [2.75, 3.05) is 0 Å². The van der Waals surface area contributed by atoms with Crippen molar-refractivity contribution in [3.8, 4) is 0 Å². The standard InChI is InChI=1S/Fe.Mo.Ni.Sr.2H. The van der Waals surface area contributed by atoms with E-state index in [-0.39, 0.29) is 100 Å². The summed E-state index contributed by atoms with van der Waals surface area (Å²) in [5.41, 5.74) is 0. The Morgan fingerprint density at radius 2 is 1.00 bits per heavy atom. The van der Waals surface area contributed by atoms with E-state index < -0.39 is 0 Å². The number of hydrogen-bond donors (Lipinski definition) is 0. The van der Waals surface area contributed by atoms with E-state index in [0.29, 0.717) is 0 Å². The Balaban J connectivity index is 0. The molecule has 0 aromatic carbocycles. The maximum absolute atomic E-state index is 0. The van der Waals surface area contributed by atoms with Crippen molar-refractivity contribution >= 4 is 45.5 Å². The van der Waals surface area contributed by atoms with E-state index in [4.69, 9.17) is 0 Å². The SMILES string of the molecule is [Fe].[Mo].[Ni].[SrH2]. The zero-order valence-corrected chi connectivity index (χ0v) is 5.18. The molecule has 0 aromatic rings. The fourth-order valence-corrected chi connectivity index (χ4v) is 0. The molecule has 0 amide bonds. The molecule has 4 heteroatoms. The van der Waals surface area contributed by atoms with E-state index >= 15 is 0 Å². The van der Waals surface area contributed by atoms with Gasteiger partial charge in [-0.25, -0.2) is 0 Å². The molecular weight excluding hydrogens is 298 g/mol. The van der Waals surface area contributed by atoms with E-state index in [1.54, 1.807) is 0 Å². The first-order valence-corrected chi connectivity index (χ1v) is 0. The Morgan fingerprint density at radius 3 is 1.00 bits per heavy atom. The average Bonchev–Trinajstić information content (AvgIpc) is 0. The zero-order chi connectivity index (χ0) is 0. The number of hydrogen-bond acceptors (Lipinski definition) is 0. The van der Waals surface area contributed by atoms with Crippen LogP contribution < -0.4 is 0 Å². The Morgan fingerprint density at radius 1 is 1.00 bits per heavy atom. The normalized spacial score (nSPS) is 0. The molecule has 0 fully saturated rings. The summed E-state index contributed by atoms with van der Waals surface area (Å²) < 4.78 is 0. The van der Waals surface area contributed by atoms with Crippen molar-refractivity contribution in [3.63, 3.8) is 0 Å². The van der Waals surface area contributed by atoms with Gasteiger partial charge in [-0.3, -0.25) is 0 Å². The average molecular weight is 300 g/mol. The van der Waals surface area contributed by atoms with Gasteiger partial charge in [-0.1, -0.05) is 0 Å². The van der Waals surface area contributed by atoms with E-state index in [1.807, 2.05) is 0 Å². The molecule has 0 rings (SSSR count). The van der Waals surface area contributed by atoms with Crippen LogP contribution in [0.5, 0.6) is 0 Å². The molecule has 0 heterocycles. The van der Waals surface area contributed by atoms with Gasteiger partial charge in [0, 0.05) is 54.6 Å². The van der Waals surface area contributed by atoms with Crippen molar-refractivity contribution in [2.24, 2.45) is 0 Å². The number of rotatable bonds is 0. The van der Waals surface area contributed by atoms with Gasteiger partial charge in [-0.05, 0) is 0 Å². The van der Waals surface area contributed by atoms with Crippen LogP contribution in [0.25, 0.3) is 0 Å². The van der Waals surface area contributed by atoms with E-state index in [2.05, 4.69) is 0 Å². The molecule has 4 heavy (non-hydrogen) atoms. The van der Waals surface area contributed by atoms with Crippen LogP contribution in [0.15, 0.2) is 0 Å². The summed E-state index contributed by atoms with van der Waals surface area (Å²) in [4.78, 5) is 0. The zero-order valence-electron chi connectivity index (χ0n) is 1.08. The second kappa shape index (κ2) is 16.4. The predicted molar refractivity (Wildman–Crippen MR) is 8.54 cm³/mol. The second-order valence-electron chi connectivity index (χ2n) is 0. The van der Waals surface area contributed by atoms with Gasteiger partial charge in [-0.2, -0.15) is 0 Å². The third-order valence-electron chi connectivity index (χ3n) is 0. The van der Waals surface area contributed by atoms with Gasteiger partial charge < -0.3 is 0 Å². The molecule has 0 nitrogen and oxygen atoms in total. The summed E-state index contributed by atoms with van der Waals surface area (Å²) in [5.74, 6) is 0. The molecule has 0 aliphatic rings. The van der Waals surface area contributed by atoms with Gasteiger partial charge in [0.05, 0.1) is 0 Å². The van der Waals surface area contributed by atoms with Crippen LogP contribution in [0.1, 0.15) is 0 Å². The molecule has 0 bridgehead atoms. The molecule has 0 spiro atoms. The van der Waals surface area contributed by atoms with Gasteiger partial charge >= 0.3 is 45.5 Å². The van der Waals surface area contributed by atoms with Gasteiger partial charge in [0.2, 0.25) is 0 Å². The third-order valence-corrected chi connectivity index (χ3v) is 0. The van der Waals surface area contributed by atoms with Crippen LogP contribution in [-0.4, -0.2) is 45.5 Å². The summed E-state index contributed by atoms with van der Waals surface area (Å²) in [6, 6.07) is 0. The molecule has 0 aromatic heterocycles. The molecule has 0 unspecified atom stereocenters. The minimum absolute atomic E-state index is 0. The van der Waals surface area contributed by atoms with Crippen molar-refractivity contribution < 1.29 is 54.6 Å². The van der Waals surface area contributed by atoms with E-state index in [9.17, 15) is 0 Å². The summed E-state index contributed by atoms with van der Waals surface area (Å²) >= 11 is 0. The Hall–Kier alpha value is 3.18. The quantitative estimate of drug-likeness (QED) is 0.508. The first kappa shape index (κ1) is 27.1. The molecule has 0 saturated carbocycles. The minimum atomic E-state index is 0. The van der Waals surface area contributed by atoms with Gasteiger partial charge in [0.15, 0.2) is 0 Å². The maximum atomic E-state index is 0. The molecule has 28 valence electrons. The summed E-state index contributed by atoms with van der Waals surface area (Å²) in [6.07, 6.45) is 0. The Bertz CT molecular complexity index is 8.00. The fraction of sp³-hybridized carbons (Fsp3) is 0. The Labute approximate surface area is 97.8 Å². The first-order valence-electron chi connectivity index (χ1n) is 0. The van der Waals surface area contributed by atoms with Crippen LogP contribution >= 0.6 is 0 Å². The first-order chi connectivity index (χ1) is 0. The van der Waals surface area contributed by atoms with Gasteiger partial charge in [-0.15, -0.1) is 0 Å². The molecule has 0 N–H and O–H groups in total. The van der Waals surface area contributed by atoms with Crippen molar-refractivity contribution in [3.05, 3.63) is 0 Å². The molecule has 0 atom stereocenters. The monoisotopic (exact) mass is 302 g/mol. The predicted octanol–water partition coefficient (Wildman–Crippen LogP) is -0.924. The van der Waals surface area contributed by atoms with Crippen LogP contribution in [0.3, 0.4) is 0 Å². The van der Waals surface area contributed by atoms with Gasteiger partial charge in [0.1, 0.15) is 0 Å². The summed E-state index contributed by atoms with van der Waals surface area (Å²) in [5, 5.41) is 0. The molecule has 0 saturated heterocycles. The summed E-state index contributed by atoms with van der Waals surface area (Å²) in [6.45, 7) is 0. The Kier molecular flexibility index (Phi) is 111. The van der Waals surface area contributed by atoms with Crippen molar-refractivity contribution in [2.45, 2.75) is 0 Å². The fourth-order valence-electron chi connectivity index (χ4n) is 0. The third kappa shape index (κ3) is 8.95. The molecule has 0 radical (unpaired) electrons. The van der Waals surface area contributed by atoms with Gasteiger partial charge in [0.25, 0.3) is 0 Å². The van der Waals surface area contributed by atoms with Crippen LogP contribution in [0.4, 0.5) is 0 Å². The molecule has 0 aliphatic heterocycles. The van der Waals surface area contributed by atoms with Crippen molar-refractivity contribution in [1.82, 2.24) is 0 Å². The van der Waals surface area contributed by atoms with E-state index in [0.717, 1.165) is 0 Å². The van der Waals surface area contributed by atoms with Crippen LogP contribution in [0.2, 0.25) is 0 Å². The van der Waals surface area contributed by atoms with Crippen LogP contribution in [-0.2, 0) is 54.6 Å². The second-order valence-corrected chi connectivity index (χ2v) is 0.